The van der Waals surface area contributed by atoms with Gasteiger partial charge in [-0.1, -0.05) is 35.3 Å². The Morgan fingerprint density at radius 2 is 1.20 bits per heavy atom. The normalized spacial score (nSPS) is 27.7. The van der Waals surface area contributed by atoms with Crippen molar-refractivity contribution < 1.29 is 33.9 Å². The minimum atomic E-state index is -0.749. The smallest absolute Gasteiger partial charge is 0.309 e. The van der Waals surface area contributed by atoms with Crippen LogP contribution in [0.1, 0.15) is 66.2 Å². The lowest BCUT2D eigenvalue weighted by Crippen LogP contribution is -2.78. The maximum Gasteiger partial charge on any atom is 0.309 e. The molecule has 0 atom stereocenters. The lowest BCUT2D eigenvalue weighted by Gasteiger charge is -2.69. The number of halogens is 3. The summed E-state index contributed by atoms with van der Waals surface area (Å²) in [4.78, 5) is 52.2. The van der Waals surface area contributed by atoms with E-state index in [0.29, 0.717) is 59.7 Å². The summed E-state index contributed by atoms with van der Waals surface area (Å²) in [5, 5.41) is 17.3. The van der Waals surface area contributed by atoms with Gasteiger partial charge in [-0.3, -0.25) is 24.0 Å². The van der Waals surface area contributed by atoms with Crippen molar-refractivity contribution in [1.82, 2.24) is 15.7 Å². The van der Waals surface area contributed by atoms with Gasteiger partial charge in [0.1, 0.15) is 0 Å². The number of hydroxylamine groups is 2. The third kappa shape index (κ3) is 7.00. The molecule has 2 aromatic carbocycles. The van der Waals surface area contributed by atoms with E-state index in [9.17, 15) is 19.2 Å². The number of amides is 3. The van der Waals surface area contributed by atoms with Crippen LogP contribution in [0.4, 0.5) is 0 Å². The largest absolute Gasteiger partial charge is 0.481 e. The van der Waals surface area contributed by atoms with Crippen LogP contribution >= 0.6 is 35.6 Å². The molecular weight excluding hydrogens is 633 g/mol. The number of hydrogen-bond acceptors (Lipinski definition) is 6. The highest BCUT2D eigenvalue weighted by Gasteiger charge is 2.73. The van der Waals surface area contributed by atoms with Crippen LogP contribution < -0.4 is 10.6 Å². The van der Waals surface area contributed by atoms with Crippen LogP contribution in [0.15, 0.2) is 48.5 Å². The van der Waals surface area contributed by atoms with Crippen molar-refractivity contribution in [2.75, 3.05) is 27.9 Å². The second-order valence-electron chi connectivity index (χ2n) is 12.0. The predicted molar refractivity (Wildman–Crippen MR) is 168 cm³/mol. The Balaban J connectivity index is 0.000000212. The van der Waals surface area contributed by atoms with Crippen molar-refractivity contribution >= 4 is 59.3 Å². The summed E-state index contributed by atoms with van der Waals surface area (Å²) in [6, 6.07) is 13.6. The van der Waals surface area contributed by atoms with Gasteiger partial charge < -0.3 is 20.5 Å². The lowest BCUT2D eigenvalue weighted by molar-refractivity contribution is -0.219. The van der Waals surface area contributed by atoms with Gasteiger partial charge in [0.2, 0.25) is 0 Å². The van der Waals surface area contributed by atoms with Gasteiger partial charge >= 0.3 is 5.97 Å². The zero-order valence-electron chi connectivity index (χ0n) is 25.1. The Labute approximate surface area is 273 Å². The Kier molecular flexibility index (Phi) is 11.0. The van der Waals surface area contributed by atoms with Gasteiger partial charge in [-0.15, -0.1) is 12.4 Å². The zero-order chi connectivity index (χ0) is 31.6. The van der Waals surface area contributed by atoms with Crippen molar-refractivity contribution in [3.05, 3.63) is 69.7 Å². The number of benzene rings is 2. The first-order valence-corrected chi connectivity index (χ1v) is 14.7. The minimum Gasteiger partial charge on any atom is -0.481 e. The first-order chi connectivity index (χ1) is 20.3. The highest BCUT2D eigenvalue weighted by Crippen LogP contribution is 2.68. The maximum absolute atomic E-state index is 12.2. The SMILES string of the molecule is CCOC.CON(C)C(=O)C12CC(NC(=O)c3cccc(Cl)c3)(C1)C2.Cl.O=C(NC12CC(C(=O)O)(C1)C2)c1cccc(Cl)c1. The number of carboxylic acids is 1. The third-order valence-electron chi connectivity index (χ3n) is 8.75. The summed E-state index contributed by atoms with van der Waals surface area (Å²) in [5.74, 6) is -1.08. The Hall–Kier alpha value is -2.89. The minimum absolute atomic E-state index is 0. The van der Waals surface area contributed by atoms with E-state index in [0.717, 1.165) is 6.61 Å². The number of carboxylic acid groups (broad SMARTS) is 1. The van der Waals surface area contributed by atoms with E-state index in [-0.39, 0.29) is 46.6 Å². The number of nitrogens with zero attached hydrogens (tertiary/aromatic N) is 1. The molecule has 6 aliphatic rings. The van der Waals surface area contributed by atoms with Gasteiger partial charge in [0, 0.05) is 53.0 Å². The molecule has 0 aliphatic heterocycles. The summed E-state index contributed by atoms with van der Waals surface area (Å²) in [6.45, 7) is 2.78. The highest BCUT2D eigenvalue weighted by molar-refractivity contribution is 6.31. The standard InChI is InChI=1S/C15H17ClN2O3.C13H12ClNO3.C3H8O.ClH/c1-18(21-2)13(20)14-7-15(8-14,9-14)17-12(19)10-4-3-5-11(16)6-10;14-9-3-1-2-8(4-9)10(16)15-13-5-12(6-13,7-13)11(17)18;1-3-4-2;/h3-6H,7-9H2,1-2H3,(H,17,19);1-4H,5-7H2,(H,15,16)(H,17,18);3H2,1-2H3;1H. The average Bonchev–Trinajstić information content (AvgIpc) is 2.90. The molecule has 10 nitrogen and oxygen atoms in total. The van der Waals surface area contributed by atoms with Crippen molar-refractivity contribution in [3.8, 4) is 0 Å². The molecule has 6 saturated carbocycles. The monoisotopic (exact) mass is 669 g/mol. The van der Waals surface area contributed by atoms with Crippen LogP contribution in [0, 0.1) is 10.8 Å². The summed E-state index contributed by atoms with van der Waals surface area (Å²) < 4.78 is 4.54. The van der Waals surface area contributed by atoms with Crippen molar-refractivity contribution in [3.63, 3.8) is 0 Å². The van der Waals surface area contributed by atoms with Crippen molar-refractivity contribution in [2.45, 2.75) is 56.5 Å². The van der Waals surface area contributed by atoms with Crippen LogP contribution in [0.3, 0.4) is 0 Å². The Bertz CT molecular complexity index is 1380. The number of aliphatic carboxylic acids is 1. The van der Waals surface area contributed by atoms with E-state index in [1.165, 1.54) is 12.2 Å². The van der Waals surface area contributed by atoms with E-state index < -0.39 is 11.4 Å². The van der Waals surface area contributed by atoms with Gasteiger partial charge in [0.05, 0.1) is 17.9 Å². The van der Waals surface area contributed by atoms with Crippen LogP contribution in [-0.2, 0) is 19.2 Å². The summed E-state index contributed by atoms with van der Waals surface area (Å²) in [7, 11) is 4.76. The molecule has 0 radical (unpaired) electrons. The molecule has 4 bridgehead atoms. The summed E-state index contributed by atoms with van der Waals surface area (Å²) in [6.07, 6.45) is 3.67. The number of nitrogens with one attached hydrogen (secondary N) is 2. The fourth-order valence-electron chi connectivity index (χ4n) is 6.60. The van der Waals surface area contributed by atoms with E-state index in [2.05, 4.69) is 15.4 Å². The fraction of sp³-hybridized carbons (Fsp3) is 0.484. The predicted octanol–water partition coefficient (Wildman–Crippen LogP) is 5.16. The summed E-state index contributed by atoms with van der Waals surface area (Å²) in [5.41, 5.74) is -0.381. The molecule has 8 rings (SSSR count). The molecule has 6 aliphatic carbocycles. The molecule has 240 valence electrons. The van der Waals surface area contributed by atoms with E-state index in [4.69, 9.17) is 33.1 Å². The van der Waals surface area contributed by atoms with Gasteiger partial charge in [-0.2, -0.15) is 0 Å². The first-order valence-electron chi connectivity index (χ1n) is 14.0. The molecule has 2 aromatic rings. The van der Waals surface area contributed by atoms with Crippen LogP contribution in [-0.4, -0.2) is 72.8 Å². The number of carbonyl (C=O) groups excluding carboxylic acids is 3. The van der Waals surface area contributed by atoms with Gasteiger partial charge in [-0.25, -0.2) is 5.06 Å². The average molecular weight is 671 g/mol. The van der Waals surface area contributed by atoms with Crippen molar-refractivity contribution in [2.24, 2.45) is 10.8 Å². The van der Waals surface area contributed by atoms with Crippen LogP contribution in [0.5, 0.6) is 0 Å². The topological polar surface area (TPSA) is 134 Å². The molecular formula is C31H38Cl3N3O7. The fourth-order valence-corrected chi connectivity index (χ4v) is 6.98. The molecule has 3 N–H and O–H groups in total. The zero-order valence-corrected chi connectivity index (χ0v) is 27.4. The quantitative estimate of drug-likeness (QED) is 0.330. The Morgan fingerprint density at radius 1 is 0.818 bits per heavy atom. The molecule has 44 heavy (non-hydrogen) atoms. The molecule has 0 aromatic heterocycles. The van der Waals surface area contributed by atoms with Gasteiger partial charge in [0.15, 0.2) is 0 Å². The number of methoxy groups -OCH3 is 1. The molecule has 6 fully saturated rings. The molecule has 0 unspecified atom stereocenters. The molecule has 0 heterocycles. The molecule has 0 saturated heterocycles. The van der Waals surface area contributed by atoms with E-state index >= 15 is 0 Å². The molecule has 13 heteroatoms. The van der Waals surface area contributed by atoms with Gasteiger partial charge in [0.25, 0.3) is 17.7 Å². The lowest BCUT2D eigenvalue weighted by atomic mass is 9.39. The molecule has 0 spiro atoms. The van der Waals surface area contributed by atoms with Crippen molar-refractivity contribution in [1.29, 1.82) is 0 Å². The second-order valence-corrected chi connectivity index (χ2v) is 12.9. The summed E-state index contributed by atoms with van der Waals surface area (Å²) >= 11 is 11.7. The highest BCUT2D eigenvalue weighted by atomic mass is 35.5. The van der Waals surface area contributed by atoms with Crippen LogP contribution in [0.25, 0.3) is 0 Å². The number of hydrogen-bond donors (Lipinski definition) is 3. The second kappa shape index (κ2) is 13.6. The number of rotatable bonds is 8. The van der Waals surface area contributed by atoms with E-state index in [1.807, 2.05) is 6.92 Å². The molecule has 3 amide bonds. The van der Waals surface area contributed by atoms with Crippen LogP contribution in [0.2, 0.25) is 10.0 Å². The first kappa shape index (κ1) is 35.6. The maximum atomic E-state index is 12.2. The third-order valence-corrected chi connectivity index (χ3v) is 9.22. The number of ether oxygens (including phenoxy) is 1. The number of carbonyl (C=O) groups is 4. The Morgan fingerprint density at radius 3 is 1.52 bits per heavy atom. The van der Waals surface area contributed by atoms with E-state index in [1.54, 1.807) is 62.7 Å². The van der Waals surface area contributed by atoms with Gasteiger partial charge in [-0.05, 0) is 81.8 Å².